The first kappa shape index (κ1) is 17.5. The fraction of sp³-hybridized carbons (Fsp3) is 0.588. The largest absolute Gasteiger partial charge is 0.463 e. The van der Waals surface area contributed by atoms with Gasteiger partial charge in [-0.3, -0.25) is 0 Å². The number of carbonyl (C=O) groups excluding carboxylic acids is 1. The second kappa shape index (κ2) is 6.74. The van der Waals surface area contributed by atoms with E-state index in [9.17, 15) is 14.3 Å². The Morgan fingerprint density at radius 3 is 2.57 bits per heavy atom. The number of halogens is 1. The molecule has 0 saturated carbocycles. The monoisotopic (exact) mass is 325 g/mol. The van der Waals surface area contributed by atoms with Crippen LogP contribution in [0.4, 0.5) is 9.18 Å². The van der Waals surface area contributed by atoms with Gasteiger partial charge in [-0.05, 0) is 51.3 Å². The van der Waals surface area contributed by atoms with Crippen LogP contribution in [0.5, 0.6) is 5.75 Å². The van der Waals surface area contributed by atoms with E-state index in [1.54, 1.807) is 29.2 Å². The first-order valence-corrected chi connectivity index (χ1v) is 7.73. The van der Waals surface area contributed by atoms with Crippen LogP contribution in [0.3, 0.4) is 0 Å². The lowest BCUT2D eigenvalue weighted by Crippen LogP contribution is -2.46. The summed E-state index contributed by atoms with van der Waals surface area (Å²) < 4.78 is 22.5. The van der Waals surface area contributed by atoms with Crippen molar-refractivity contribution in [2.75, 3.05) is 20.0 Å². The van der Waals surface area contributed by atoms with Gasteiger partial charge in [-0.25, -0.2) is 9.18 Å². The number of amides is 1. The quantitative estimate of drug-likeness (QED) is 0.927. The molecular formula is C17H24FNO4. The van der Waals surface area contributed by atoms with Crippen LogP contribution in [0.15, 0.2) is 24.3 Å². The van der Waals surface area contributed by atoms with E-state index < -0.39 is 18.1 Å². The number of hydrogen-bond donors (Lipinski definition) is 1. The maximum atomic E-state index is 12.3. The van der Waals surface area contributed by atoms with Gasteiger partial charge in [-0.2, -0.15) is 0 Å². The van der Waals surface area contributed by atoms with E-state index in [1.807, 2.05) is 20.8 Å². The number of aliphatic hydroxyl groups is 1. The van der Waals surface area contributed by atoms with E-state index in [0.717, 1.165) is 0 Å². The summed E-state index contributed by atoms with van der Waals surface area (Å²) in [6, 6.07) is 6.79. The zero-order valence-corrected chi connectivity index (χ0v) is 13.8. The van der Waals surface area contributed by atoms with Gasteiger partial charge in [0.1, 0.15) is 11.4 Å². The summed E-state index contributed by atoms with van der Waals surface area (Å²) in [6.45, 7) is 5.36. The SMILES string of the molecule is CC(C)(C)OC(=O)N1CCC(O)(c2cccc(OCF)c2)CC1. The third kappa shape index (κ3) is 4.58. The highest BCUT2D eigenvalue weighted by atomic mass is 19.1. The van der Waals surface area contributed by atoms with Crippen molar-refractivity contribution >= 4 is 6.09 Å². The molecule has 128 valence electrons. The van der Waals surface area contributed by atoms with Crippen molar-refractivity contribution in [1.29, 1.82) is 0 Å². The third-order valence-electron chi connectivity index (χ3n) is 3.83. The Labute approximate surface area is 136 Å². The van der Waals surface area contributed by atoms with Gasteiger partial charge in [0.2, 0.25) is 6.86 Å². The summed E-state index contributed by atoms with van der Waals surface area (Å²) in [5.41, 5.74) is -0.913. The highest BCUT2D eigenvalue weighted by Crippen LogP contribution is 2.34. The van der Waals surface area contributed by atoms with Crippen LogP contribution in [-0.2, 0) is 10.3 Å². The lowest BCUT2D eigenvalue weighted by Gasteiger charge is -2.39. The number of carbonyl (C=O) groups is 1. The minimum atomic E-state index is -1.05. The Morgan fingerprint density at radius 2 is 2.00 bits per heavy atom. The van der Waals surface area contributed by atoms with Crippen LogP contribution in [0, 0.1) is 0 Å². The number of hydrogen-bond acceptors (Lipinski definition) is 4. The Kier molecular flexibility index (Phi) is 5.14. The minimum absolute atomic E-state index is 0.367. The van der Waals surface area contributed by atoms with Crippen molar-refractivity contribution < 1.29 is 23.8 Å². The van der Waals surface area contributed by atoms with Crippen LogP contribution in [0.25, 0.3) is 0 Å². The molecule has 1 aliphatic rings. The number of piperidine rings is 1. The Hall–Kier alpha value is -1.82. The molecule has 1 amide bonds. The molecule has 1 saturated heterocycles. The number of benzene rings is 1. The number of likely N-dealkylation sites (tertiary alicyclic amines) is 1. The summed E-state index contributed by atoms with van der Waals surface area (Å²) in [5, 5.41) is 10.8. The number of ether oxygens (including phenoxy) is 2. The second-order valence-corrected chi connectivity index (χ2v) is 6.78. The van der Waals surface area contributed by atoms with E-state index in [2.05, 4.69) is 0 Å². The summed E-state index contributed by atoms with van der Waals surface area (Å²) in [7, 11) is 0. The molecule has 1 aromatic carbocycles. The number of nitrogens with zero attached hydrogens (tertiary/aromatic N) is 1. The molecule has 6 heteroatoms. The molecule has 0 atom stereocenters. The maximum absolute atomic E-state index is 12.3. The van der Waals surface area contributed by atoms with Crippen molar-refractivity contribution in [2.24, 2.45) is 0 Å². The van der Waals surface area contributed by atoms with Crippen molar-refractivity contribution in [2.45, 2.75) is 44.8 Å². The summed E-state index contributed by atoms with van der Waals surface area (Å²) in [6.07, 6.45) is 0.422. The third-order valence-corrected chi connectivity index (χ3v) is 3.83. The lowest BCUT2D eigenvalue weighted by molar-refractivity contribution is -0.0358. The predicted octanol–water partition coefficient (Wildman–Crippen LogP) is 3.21. The highest BCUT2D eigenvalue weighted by molar-refractivity contribution is 5.68. The summed E-state index contributed by atoms with van der Waals surface area (Å²) >= 11 is 0. The van der Waals surface area contributed by atoms with Gasteiger partial charge in [-0.15, -0.1) is 0 Å². The summed E-state index contributed by atoms with van der Waals surface area (Å²) in [4.78, 5) is 13.7. The molecule has 1 heterocycles. The van der Waals surface area contributed by atoms with E-state index in [0.29, 0.717) is 37.2 Å². The van der Waals surface area contributed by atoms with Crippen molar-refractivity contribution in [3.8, 4) is 5.75 Å². The maximum Gasteiger partial charge on any atom is 0.410 e. The Bertz CT molecular complexity index is 548. The van der Waals surface area contributed by atoms with Gasteiger partial charge in [-0.1, -0.05) is 12.1 Å². The molecule has 1 N–H and O–H groups in total. The Morgan fingerprint density at radius 1 is 1.35 bits per heavy atom. The molecule has 0 unspecified atom stereocenters. The van der Waals surface area contributed by atoms with Gasteiger partial charge in [0.15, 0.2) is 0 Å². The topological polar surface area (TPSA) is 59.0 Å². The minimum Gasteiger partial charge on any atom is -0.463 e. The van der Waals surface area contributed by atoms with Crippen molar-refractivity contribution in [3.63, 3.8) is 0 Å². The van der Waals surface area contributed by atoms with Crippen molar-refractivity contribution in [3.05, 3.63) is 29.8 Å². The van der Waals surface area contributed by atoms with Crippen LogP contribution in [-0.4, -0.2) is 41.7 Å². The molecule has 1 fully saturated rings. The zero-order chi connectivity index (χ0) is 17.1. The fourth-order valence-electron chi connectivity index (χ4n) is 2.61. The van der Waals surface area contributed by atoms with E-state index >= 15 is 0 Å². The molecule has 0 bridgehead atoms. The summed E-state index contributed by atoms with van der Waals surface area (Å²) in [5.74, 6) is 0.382. The number of alkyl halides is 1. The van der Waals surface area contributed by atoms with E-state index in [-0.39, 0.29) is 6.09 Å². The van der Waals surface area contributed by atoms with Gasteiger partial charge in [0.05, 0.1) is 5.60 Å². The normalized spacial score (nSPS) is 17.7. The molecule has 0 aromatic heterocycles. The zero-order valence-electron chi connectivity index (χ0n) is 13.8. The van der Waals surface area contributed by atoms with Crippen LogP contribution < -0.4 is 4.74 Å². The average molecular weight is 325 g/mol. The molecule has 0 spiro atoms. The molecule has 1 aromatic rings. The standard InChI is InChI=1S/C17H24FNO4/c1-16(2,3)23-15(20)19-9-7-17(21,8-10-19)13-5-4-6-14(11-13)22-12-18/h4-6,11,21H,7-10,12H2,1-3H3. The first-order chi connectivity index (χ1) is 10.7. The van der Waals surface area contributed by atoms with Crippen LogP contribution in [0.2, 0.25) is 0 Å². The molecule has 23 heavy (non-hydrogen) atoms. The highest BCUT2D eigenvalue weighted by Gasteiger charge is 2.36. The van der Waals surface area contributed by atoms with Gasteiger partial charge >= 0.3 is 6.09 Å². The van der Waals surface area contributed by atoms with Gasteiger partial charge in [0.25, 0.3) is 0 Å². The van der Waals surface area contributed by atoms with Crippen LogP contribution >= 0.6 is 0 Å². The Balaban J connectivity index is 2.02. The molecule has 5 nitrogen and oxygen atoms in total. The van der Waals surface area contributed by atoms with Gasteiger partial charge in [0, 0.05) is 13.1 Å². The number of rotatable bonds is 3. The average Bonchev–Trinajstić information content (AvgIpc) is 2.47. The van der Waals surface area contributed by atoms with E-state index in [1.165, 1.54) is 0 Å². The fourth-order valence-corrected chi connectivity index (χ4v) is 2.61. The lowest BCUT2D eigenvalue weighted by atomic mass is 9.84. The molecule has 2 rings (SSSR count). The van der Waals surface area contributed by atoms with Crippen LogP contribution in [0.1, 0.15) is 39.2 Å². The van der Waals surface area contributed by atoms with Crippen molar-refractivity contribution in [1.82, 2.24) is 4.90 Å². The molecule has 0 radical (unpaired) electrons. The second-order valence-electron chi connectivity index (χ2n) is 6.78. The molecule has 1 aliphatic heterocycles. The first-order valence-electron chi connectivity index (χ1n) is 7.73. The smallest absolute Gasteiger partial charge is 0.410 e. The predicted molar refractivity (Wildman–Crippen MR) is 84.0 cm³/mol. The molecule has 0 aliphatic carbocycles. The molecular weight excluding hydrogens is 301 g/mol. The van der Waals surface area contributed by atoms with Gasteiger partial charge < -0.3 is 19.5 Å². The van der Waals surface area contributed by atoms with E-state index in [4.69, 9.17) is 9.47 Å².